The van der Waals surface area contributed by atoms with Gasteiger partial charge in [-0.1, -0.05) is 18.4 Å². The quantitative estimate of drug-likeness (QED) is 0.212. The Morgan fingerprint density at radius 1 is 1.00 bits per heavy atom. The molecule has 260 valence electrons. The predicted octanol–water partition coefficient (Wildman–Crippen LogP) is 6.18. The number of nitrogens with zero attached hydrogens (tertiary/aromatic N) is 5. The highest BCUT2D eigenvalue weighted by Crippen LogP contribution is 2.51. The Morgan fingerprint density at radius 2 is 1.76 bits per heavy atom. The molecule has 9 nitrogen and oxygen atoms in total. The van der Waals surface area contributed by atoms with Gasteiger partial charge in [-0.3, -0.25) is 0 Å². The minimum absolute atomic E-state index is 0.0143. The largest absolute Gasteiger partial charge is 0.508 e. The van der Waals surface area contributed by atoms with E-state index in [1.807, 2.05) is 0 Å². The monoisotopic (exact) mass is 680 g/mol. The highest BCUT2D eigenvalue weighted by Gasteiger charge is 2.47. The first kappa shape index (κ1) is 31.7. The van der Waals surface area contributed by atoms with Crippen LogP contribution in [-0.4, -0.2) is 83.5 Å². The predicted molar refractivity (Wildman–Crippen MR) is 188 cm³/mol. The lowest BCUT2D eigenvalue weighted by Gasteiger charge is -2.48. The number of fused-ring (bicyclic) bond motifs is 4. The van der Waals surface area contributed by atoms with Gasteiger partial charge in [0.1, 0.15) is 34.0 Å². The van der Waals surface area contributed by atoms with Crippen molar-refractivity contribution in [3.8, 4) is 41.2 Å². The Hall–Kier alpha value is -4.27. The van der Waals surface area contributed by atoms with Crippen LogP contribution in [0.4, 0.5) is 14.6 Å². The van der Waals surface area contributed by atoms with Crippen molar-refractivity contribution >= 4 is 27.5 Å². The van der Waals surface area contributed by atoms with Gasteiger partial charge in [0.05, 0.1) is 19.3 Å². The fourth-order valence-electron chi connectivity index (χ4n) is 9.02. The molecule has 5 aliphatic rings. The first-order valence-corrected chi connectivity index (χ1v) is 18.0. The summed E-state index contributed by atoms with van der Waals surface area (Å²) < 4.78 is 44.4. The highest BCUT2D eigenvalue weighted by atomic mass is 19.1. The fourth-order valence-corrected chi connectivity index (χ4v) is 9.02. The summed E-state index contributed by atoms with van der Waals surface area (Å²) in [5.41, 5.74) is 0.540. The highest BCUT2D eigenvalue weighted by molar-refractivity contribution is 6.04. The number of anilines is 1. The van der Waals surface area contributed by atoms with Crippen LogP contribution >= 0.6 is 0 Å². The van der Waals surface area contributed by atoms with Crippen LogP contribution in [0.3, 0.4) is 0 Å². The number of nitrogens with one attached hydrogen (secondary N) is 1. The summed E-state index contributed by atoms with van der Waals surface area (Å²) in [6.45, 7) is 5.09. The third-order valence-electron chi connectivity index (χ3n) is 12.2. The second-order valence-electron chi connectivity index (χ2n) is 15.5. The van der Waals surface area contributed by atoms with Crippen molar-refractivity contribution in [3.05, 3.63) is 41.5 Å². The Labute approximate surface area is 290 Å². The maximum Gasteiger partial charge on any atom is 0.319 e. The topological polar surface area (TPSA) is 95.9 Å². The van der Waals surface area contributed by atoms with Gasteiger partial charge in [-0.25, -0.2) is 13.8 Å². The molecule has 2 aromatic carbocycles. The SMILES string of the molecule is C#Cc1c(F)ccc2cc(O)cc(-c3nc(OC)c4c(N5CC6CCC(C5)N6)nc(OCC5(CN6CCC7(CCC7)CC6)CC5)nc4c3F)c12. The summed E-state index contributed by atoms with van der Waals surface area (Å²) in [5.74, 6) is 1.51. The number of piperazine rings is 1. The number of rotatable bonds is 8. The zero-order valence-corrected chi connectivity index (χ0v) is 28.4. The molecule has 2 unspecified atom stereocenters. The minimum atomic E-state index is -0.758. The van der Waals surface area contributed by atoms with Crippen LogP contribution < -0.4 is 19.7 Å². The molecule has 3 saturated heterocycles. The number of hydrogen-bond donors (Lipinski definition) is 2. The first-order chi connectivity index (χ1) is 24.3. The number of aromatic nitrogens is 3. The second kappa shape index (κ2) is 11.9. The molecule has 11 heteroatoms. The molecular formula is C39H42F2N6O3. The van der Waals surface area contributed by atoms with Crippen molar-refractivity contribution in [2.24, 2.45) is 10.8 Å². The van der Waals surface area contributed by atoms with E-state index in [-0.39, 0.29) is 50.8 Å². The van der Waals surface area contributed by atoms with Gasteiger partial charge >= 0.3 is 6.01 Å². The van der Waals surface area contributed by atoms with E-state index in [1.165, 1.54) is 63.5 Å². The smallest absolute Gasteiger partial charge is 0.319 e. The van der Waals surface area contributed by atoms with Gasteiger partial charge in [0.25, 0.3) is 0 Å². The summed E-state index contributed by atoms with van der Waals surface area (Å²) in [7, 11) is 1.47. The number of piperidine rings is 1. The number of halogens is 2. The Bertz CT molecular complexity index is 2040. The first-order valence-electron chi connectivity index (χ1n) is 18.0. The van der Waals surface area contributed by atoms with E-state index < -0.39 is 11.6 Å². The number of methoxy groups -OCH3 is 1. The molecule has 2 aliphatic carbocycles. The number of ether oxygens (including phenoxy) is 2. The van der Waals surface area contributed by atoms with Crippen molar-refractivity contribution in [2.75, 3.05) is 51.3 Å². The molecule has 5 heterocycles. The standard InChI is InChI=1S/C39H42F2N6O3/c1-3-27-29(40)8-5-23-17-26(48)18-28(30(23)27)33-32(41)34-31(36(43-33)49-2)35(47-19-24-6-7-25(20-47)42-24)45-37(44-34)50-22-39(11-12-39)21-46-15-13-38(14-16-46)9-4-10-38/h1,5,8,17-18,24-25,42,48H,4,6-7,9-16,19-22H2,2H3. The van der Waals surface area contributed by atoms with Crippen LogP contribution in [0.15, 0.2) is 24.3 Å². The molecule has 50 heavy (non-hydrogen) atoms. The summed E-state index contributed by atoms with van der Waals surface area (Å²) in [5, 5.41) is 15.4. The Balaban J connectivity index is 1.12. The van der Waals surface area contributed by atoms with Gasteiger partial charge in [-0.15, -0.1) is 6.42 Å². The van der Waals surface area contributed by atoms with Crippen LogP contribution in [-0.2, 0) is 0 Å². The third-order valence-corrected chi connectivity index (χ3v) is 12.2. The Morgan fingerprint density at radius 3 is 2.42 bits per heavy atom. The lowest BCUT2D eigenvalue weighted by atomic mass is 9.63. The zero-order valence-electron chi connectivity index (χ0n) is 28.4. The number of terminal acetylenes is 1. The normalized spacial score (nSPS) is 23.6. The molecule has 2 saturated carbocycles. The van der Waals surface area contributed by atoms with E-state index >= 15 is 4.39 Å². The van der Waals surface area contributed by atoms with Gasteiger partial charge in [0, 0.05) is 48.1 Å². The third kappa shape index (κ3) is 5.39. The molecule has 2 bridgehead atoms. The number of hydrogen-bond acceptors (Lipinski definition) is 9. The molecule has 9 rings (SSSR count). The van der Waals surface area contributed by atoms with Gasteiger partial charge in [-0.05, 0) is 93.5 Å². The molecule has 2 N–H and O–H groups in total. The average molecular weight is 681 g/mol. The van der Waals surface area contributed by atoms with Crippen LogP contribution in [0.5, 0.6) is 17.6 Å². The fraction of sp³-hybridized carbons (Fsp3) is 0.513. The molecule has 2 aromatic heterocycles. The number of phenolic OH excluding ortho intramolecular Hbond substituents is 1. The number of pyridine rings is 1. The summed E-state index contributed by atoms with van der Waals surface area (Å²) in [4.78, 5) is 19.0. The van der Waals surface area contributed by atoms with E-state index in [0.717, 1.165) is 45.3 Å². The molecule has 0 radical (unpaired) electrons. The molecular weight excluding hydrogens is 638 g/mol. The van der Waals surface area contributed by atoms with Crippen LogP contribution in [0, 0.1) is 34.8 Å². The minimum Gasteiger partial charge on any atom is -0.508 e. The van der Waals surface area contributed by atoms with E-state index in [1.54, 1.807) is 0 Å². The molecule has 3 aliphatic heterocycles. The van der Waals surface area contributed by atoms with Gasteiger partial charge in [0.15, 0.2) is 5.82 Å². The van der Waals surface area contributed by atoms with E-state index in [0.29, 0.717) is 53.8 Å². The molecule has 1 spiro atoms. The van der Waals surface area contributed by atoms with E-state index in [2.05, 4.69) is 26.0 Å². The number of likely N-dealkylation sites (tertiary alicyclic amines) is 1. The lowest BCUT2D eigenvalue weighted by molar-refractivity contribution is 0.0215. The Kier molecular flexibility index (Phi) is 7.55. The van der Waals surface area contributed by atoms with Crippen molar-refractivity contribution in [1.29, 1.82) is 0 Å². The number of phenols is 1. The van der Waals surface area contributed by atoms with E-state index in [4.69, 9.17) is 25.9 Å². The summed E-state index contributed by atoms with van der Waals surface area (Å²) in [6.07, 6.45) is 16.7. The molecule has 2 atom stereocenters. The maximum atomic E-state index is 17.1. The number of aromatic hydroxyl groups is 1. The second-order valence-corrected chi connectivity index (χ2v) is 15.5. The van der Waals surface area contributed by atoms with Crippen molar-refractivity contribution in [1.82, 2.24) is 25.2 Å². The van der Waals surface area contributed by atoms with Crippen molar-refractivity contribution in [2.45, 2.75) is 69.9 Å². The molecule has 0 amide bonds. The lowest BCUT2D eigenvalue weighted by Crippen LogP contribution is -2.51. The van der Waals surface area contributed by atoms with Crippen LogP contribution in [0.25, 0.3) is 32.9 Å². The summed E-state index contributed by atoms with van der Waals surface area (Å²) in [6, 6.07) is 6.23. The maximum absolute atomic E-state index is 17.1. The number of benzene rings is 2. The van der Waals surface area contributed by atoms with Crippen molar-refractivity contribution in [3.63, 3.8) is 0 Å². The van der Waals surface area contributed by atoms with Crippen molar-refractivity contribution < 1.29 is 23.4 Å². The molecule has 5 fully saturated rings. The van der Waals surface area contributed by atoms with Gasteiger partial charge < -0.3 is 29.7 Å². The molecule has 4 aromatic rings. The van der Waals surface area contributed by atoms with E-state index in [9.17, 15) is 9.50 Å². The van der Waals surface area contributed by atoms with Crippen LogP contribution in [0.1, 0.15) is 63.4 Å². The van der Waals surface area contributed by atoms with Gasteiger partial charge in [-0.2, -0.15) is 9.97 Å². The zero-order chi connectivity index (χ0) is 34.2. The average Bonchev–Trinajstić information content (AvgIpc) is 3.79. The summed E-state index contributed by atoms with van der Waals surface area (Å²) >= 11 is 0. The van der Waals surface area contributed by atoms with Gasteiger partial charge in [0.2, 0.25) is 5.88 Å². The van der Waals surface area contributed by atoms with Crippen LogP contribution in [0.2, 0.25) is 0 Å².